The van der Waals surface area contributed by atoms with Crippen LogP contribution in [0.1, 0.15) is 55.6 Å². The first-order valence-electron chi connectivity index (χ1n) is 7.73. The quantitative estimate of drug-likeness (QED) is 0.858. The Hall–Kier alpha value is -0.890. The second kappa shape index (κ2) is 5.62. The molecule has 0 radical (unpaired) electrons. The molecule has 2 saturated carbocycles. The van der Waals surface area contributed by atoms with Gasteiger partial charge < -0.3 is 5.32 Å². The summed E-state index contributed by atoms with van der Waals surface area (Å²) in [4.78, 5) is 0. The molecule has 0 amide bonds. The van der Waals surface area contributed by atoms with Gasteiger partial charge in [0, 0.05) is 6.04 Å². The molecule has 0 spiro atoms. The van der Waals surface area contributed by atoms with E-state index in [-0.39, 0.29) is 5.82 Å². The number of benzene rings is 1. The van der Waals surface area contributed by atoms with E-state index in [9.17, 15) is 4.39 Å². The lowest BCUT2D eigenvalue weighted by Crippen LogP contribution is -2.30. The molecule has 1 nitrogen and oxygen atoms in total. The number of halogens is 1. The summed E-state index contributed by atoms with van der Waals surface area (Å²) in [5.41, 5.74) is 1.97. The monoisotopic (exact) mass is 261 g/mol. The van der Waals surface area contributed by atoms with Gasteiger partial charge in [0.2, 0.25) is 0 Å². The van der Waals surface area contributed by atoms with E-state index in [1.54, 1.807) is 6.07 Å². The molecule has 0 saturated heterocycles. The molecule has 1 N–H and O–H groups in total. The van der Waals surface area contributed by atoms with Crippen molar-refractivity contribution >= 4 is 0 Å². The van der Waals surface area contributed by atoms with Crippen LogP contribution in [0, 0.1) is 18.7 Å². The molecule has 2 unspecified atom stereocenters. The van der Waals surface area contributed by atoms with Crippen molar-refractivity contribution in [3.63, 3.8) is 0 Å². The van der Waals surface area contributed by atoms with Gasteiger partial charge >= 0.3 is 0 Å². The highest BCUT2D eigenvalue weighted by Crippen LogP contribution is 2.38. The van der Waals surface area contributed by atoms with Crippen LogP contribution in [-0.4, -0.2) is 12.6 Å². The van der Waals surface area contributed by atoms with Crippen molar-refractivity contribution in [1.82, 2.24) is 5.32 Å². The number of nitrogens with one attached hydrogen (secondary N) is 1. The van der Waals surface area contributed by atoms with E-state index in [0.29, 0.717) is 11.8 Å². The fourth-order valence-electron chi connectivity index (χ4n) is 3.34. The van der Waals surface area contributed by atoms with E-state index in [2.05, 4.69) is 11.4 Å². The average molecular weight is 261 g/mol. The molecule has 2 aliphatic carbocycles. The Morgan fingerprint density at radius 1 is 1.16 bits per heavy atom. The van der Waals surface area contributed by atoms with Crippen LogP contribution >= 0.6 is 0 Å². The van der Waals surface area contributed by atoms with Crippen molar-refractivity contribution < 1.29 is 4.39 Å². The van der Waals surface area contributed by atoms with Crippen molar-refractivity contribution in [3.05, 3.63) is 35.1 Å². The Kier molecular flexibility index (Phi) is 3.88. The van der Waals surface area contributed by atoms with E-state index in [0.717, 1.165) is 18.2 Å². The Morgan fingerprint density at radius 3 is 2.68 bits per heavy atom. The standard InChI is InChI=1S/C17H24FN/c1-12-6-7-13(10-17(12)18)16-5-3-2-4-14(16)11-19-15-8-9-15/h6-7,10,14-16,19H,2-5,8-9,11H2,1H3. The minimum atomic E-state index is -0.0445. The summed E-state index contributed by atoms with van der Waals surface area (Å²) in [6, 6.07) is 6.62. The summed E-state index contributed by atoms with van der Waals surface area (Å²) in [5, 5.41) is 3.66. The zero-order valence-electron chi connectivity index (χ0n) is 11.8. The van der Waals surface area contributed by atoms with Gasteiger partial charge in [-0.1, -0.05) is 25.0 Å². The van der Waals surface area contributed by atoms with E-state index in [4.69, 9.17) is 0 Å². The summed E-state index contributed by atoms with van der Waals surface area (Å²) in [6.45, 7) is 2.96. The van der Waals surface area contributed by atoms with Gasteiger partial charge in [0.25, 0.3) is 0 Å². The first kappa shape index (κ1) is 13.1. The Labute approximate surface area is 115 Å². The van der Waals surface area contributed by atoms with Crippen LogP contribution < -0.4 is 5.32 Å². The van der Waals surface area contributed by atoms with Crippen LogP contribution in [0.15, 0.2) is 18.2 Å². The maximum Gasteiger partial charge on any atom is 0.126 e. The number of hydrogen-bond acceptors (Lipinski definition) is 1. The normalized spacial score (nSPS) is 27.5. The predicted octanol–water partition coefficient (Wildman–Crippen LogP) is 4.16. The first-order chi connectivity index (χ1) is 9.24. The number of aryl methyl sites for hydroxylation is 1. The molecule has 1 aromatic rings. The van der Waals surface area contributed by atoms with Gasteiger partial charge in [0.15, 0.2) is 0 Å². The summed E-state index contributed by atoms with van der Waals surface area (Å²) < 4.78 is 13.8. The molecule has 2 aliphatic rings. The highest BCUT2D eigenvalue weighted by Gasteiger charge is 2.29. The smallest absolute Gasteiger partial charge is 0.126 e. The van der Waals surface area contributed by atoms with E-state index < -0.39 is 0 Å². The molecule has 1 aromatic carbocycles. The summed E-state index contributed by atoms with van der Waals surface area (Å²) >= 11 is 0. The van der Waals surface area contributed by atoms with Gasteiger partial charge in [-0.25, -0.2) is 4.39 Å². The fourth-order valence-corrected chi connectivity index (χ4v) is 3.34. The molecular weight excluding hydrogens is 237 g/mol. The Bertz CT molecular complexity index is 439. The molecule has 3 rings (SSSR count). The second-order valence-electron chi connectivity index (χ2n) is 6.34. The molecule has 2 heteroatoms. The van der Waals surface area contributed by atoms with E-state index in [1.807, 2.05) is 13.0 Å². The molecule has 104 valence electrons. The maximum atomic E-state index is 13.8. The van der Waals surface area contributed by atoms with Crippen molar-refractivity contribution in [2.45, 2.75) is 57.4 Å². The minimum absolute atomic E-state index is 0.0445. The minimum Gasteiger partial charge on any atom is -0.314 e. The van der Waals surface area contributed by atoms with Crippen molar-refractivity contribution in [2.24, 2.45) is 5.92 Å². The van der Waals surface area contributed by atoms with Crippen LogP contribution in [0.25, 0.3) is 0 Å². The van der Waals surface area contributed by atoms with Gasteiger partial charge in [-0.05, 0) is 68.2 Å². The van der Waals surface area contributed by atoms with Gasteiger partial charge in [-0.2, -0.15) is 0 Å². The van der Waals surface area contributed by atoms with Crippen molar-refractivity contribution in [1.29, 1.82) is 0 Å². The van der Waals surface area contributed by atoms with E-state index in [1.165, 1.54) is 44.1 Å². The molecule has 19 heavy (non-hydrogen) atoms. The first-order valence-corrected chi connectivity index (χ1v) is 7.73. The lowest BCUT2D eigenvalue weighted by atomic mass is 9.75. The third-order valence-corrected chi connectivity index (χ3v) is 4.78. The van der Waals surface area contributed by atoms with E-state index >= 15 is 0 Å². The predicted molar refractivity (Wildman–Crippen MR) is 76.9 cm³/mol. The van der Waals surface area contributed by atoms with Crippen LogP contribution in [0.4, 0.5) is 4.39 Å². The Balaban J connectivity index is 1.72. The molecule has 0 heterocycles. The van der Waals surface area contributed by atoms with Gasteiger partial charge in [0.1, 0.15) is 5.82 Å². The molecule has 2 atom stereocenters. The van der Waals surface area contributed by atoms with Crippen LogP contribution in [0.3, 0.4) is 0 Å². The van der Waals surface area contributed by atoms with Gasteiger partial charge in [0.05, 0.1) is 0 Å². The molecular formula is C17H24FN. The highest BCUT2D eigenvalue weighted by atomic mass is 19.1. The summed E-state index contributed by atoms with van der Waals surface area (Å²) in [6.07, 6.45) is 7.83. The zero-order valence-corrected chi connectivity index (χ0v) is 11.8. The third kappa shape index (κ3) is 3.17. The molecule has 0 aliphatic heterocycles. The fraction of sp³-hybridized carbons (Fsp3) is 0.647. The van der Waals surface area contributed by atoms with Gasteiger partial charge in [-0.15, -0.1) is 0 Å². The summed E-state index contributed by atoms with van der Waals surface area (Å²) in [7, 11) is 0. The van der Waals surface area contributed by atoms with Crippen molar-refractivity contribution in [2.75, 3.05) is 6.54 Å². The van der Waals surface area contributed by atoms with Crippen LogP contribution in [-0.2, 0) is 0 Å². The molecule has 0 bridgehead atoms. The van der Waals surface area contributed by atoms with Gasteiger partial charge in [-0.3, -0.25) is 0 Å². The molecule has 2 fully saturated rings. The average Bonchev–Trinajstić information content (AvgIpc) is 3.24. The largest absolute Gasteiger partial charge is 0.314 e. The maximum absolute atomic E-state index is 13.8. The third-order valence-electron chi connectivity index (χ3n) is 4.78. The van der Waals surface area contributed by atoms with Crippen molar-refractivity contribution in [3.8, 4) is 0 Å². The molecule has 0 aromatic heterocycles. The lowest BCUT2D eigenvalue weighted by Gasteiger charge is -2.32. The van der Waals surface area contributed by atoms with Crippen LogP contribution in [0.5, 0.6) is 0 Å². The Morgan fingerprint density at radius 2 is 1.95 bits per heavy atom. The number of hydrogen-bond donors (Lipinski definition) is 1. The second-order valence-corrected chi connectivity index (χ2v) is 6.34. The number of rotatable bonds is 4. The lowest BCUT2D eigenvalue weighted by molar-refractivity contribution is 0.294. The summed E-state index contributed by atoms with van der Waals surface area (Å²) in [5.74, 6) is 1.20. The van der Waals surface area contributed by atoms with Crippen LogP contribution in [0.2, 0.25) is 0 Å². The SMILES string of the molecule is Cc1ccc(C2CCCCC2CNC2CC2)cc1F. The highest BCUT2D eigenvalue weighted by molar-refractivity contribution is 5.27. The topological polar surface area (TPSA) is 12.0 Å². The zero-order chi connectivity index (χ0) is 13.2.